The maximum absolute atomic E-state index is 12.3. The molecule has 0 radical (unpaired) electrons. The molecule has 134 valence electrons. The maximum atomic E-state index is 12.3. The molecule has 1 saturated heterocycles. The van der Waals surface area contributed by atoms with E-state index in [4.69, 9.17) is 9.15 Å². The van der Waals surface area contributed by atoms with E-state index in [0.717, 1.165) is 29.4 Å². The summed E-state index contributed by atoms with van der Waals surface area (Å²) in [5.41, 5.74) is 1.34. The van der Waals surface area contributed by atoms with Gasteiger partial charge in [0.25, 0.3) is 5.91 Å². The number of halogens is 1. The second-order valence-electron chi connectivity index (χ2n) is 7.02. The van der Waals surface area contributed by atoms with Crippen molar-refractivity contribution in [2.24, 2.45) is 11.8 Å². The van der Waals surface area contributed by atoms with Gasteiger partial charge in [-0.15, -0.1) is 0 Å². The zero-order valence-electron chi connectivity index (χ0n) is 14.7. The lowest BCUT2D eigenvalue weighted by Gasteiger charge is -2.34. The third-order valence-electron chi connectivity index (χ3n) is 4.63. The largest absolute Gasteiger partial charge is 0.450 e. The molecule has 2 atom stereocenters. The van der Waals surface area contributed by atoms with Crippen LogP contribution in [0.1, 0.15) is 36.4 Å². The summed E-state index contributed by atoms with van der Waals surface area (Å²) in [5.74, 6) is 0.347. The van der Waals surface area contributed by atoms with Gasteiger partial charge in [0.15, 0.2) is 6.61 Å². The highest BCUT2D eigenvalue weighted by Crippen LogP contribution is 2.28. The second kappa shape index (κ2) is 7.20. The van der Waals surface area contributed by atoms with Crippen molar-refractivity contribution in [2.45, 2.75) is 27.2 Å². The van der Waals surface area contributed by atoms with Gasteiger partial charge in [0.1, 0.15) is 5.58 Å². The summed E-state index contributed by atoms with van der Waals surface area (Å²) in [6.07, 6.45) is 1.12. The van der Waals surface area contributed by atoms with Crippen molar-refractivity contribution in [3.05, 3.63) is 34.0 Å². The van der Waals surface area contributed by atoms with E-state index in [2.05, 4.69) is 29.8 Å². The van der Waals surface area contributed by atoms with Gasteiger partial charge < -0.3 is 14.1 Å². The smallest absolute Gasteiger partial charge is 0.375 e. The van der Waals surface area contributed by atoms with Crippen LogP contribution in [-0.2, 0) is 9.53 Å². The number of piperidine rings is 1. The molecule has 1 fully saturated rings. The fraction of sp³-hybridized carbons (Fsp3) is 0.474. The minimum Gasteiger partial charge on any atom is -0.450 e. The van der Waals surface area contributed by atoms with Gasteiger partial charge in [0, 0.05) is 28.5 Å². The molecular formula is C19H22BrNO4. The van der Waals surface area contributed by atoms with E-state index in [1.807, 2.05) is 19.1 Å². The highest BCUT2D eigenvalue weighted by atomic mass is 79.9. The number of amides is 1. The number of nitrogens with zero attached hydrogens (tertiary/aromatic N) is 1. The Bertz CT molecular complexity index is 803. The molecule has 2 aromatic rings. The molecule has 5 nitrogen and oxygen atoms in total. The van der Waals surface area contributed by atoms with E-state index in [0.29, 0.717) is 23.0 Å². The molecule has 0 aliphatic carbocycles. The van der Waals surface area contributed by atoms with Crippen LogP contribution in [0.15, 0.2) is 27.1 Å². The van der Waals surface area contributed by atoms with Crippen LogP contribution in [-0.4, -0.2) is 36.5 Å². The monoisotopic (exact) mass is 407 g/mol. The first kappa shape index (κ1) is 18.0. The van der Waals surface area contributed by atoms with Gasteiger partial charge in [-0.2, -0.15) is 0 Å². The molecule has 0 N–H and O–H groups in total. The normalized spacial score (nSPS) is 20.7. The Hall–Kier alpha value is -1.82. The van der Waals surface area contributed by atoms with Gasteiger partial charge in [0.05, 0.1) is 0 Å². The van der Waals surface area contributed by atoms with E-state index in [1.54, 1.807) is 11.0 Å². The number of likely N-dealkylation sites (tertiary alicyclic amines) is 1. The molecule has 1 aromatic carbocycles. The molecule has 3 rings (SSSR count). The quantitative estimate of drug-likeness (QED) is 0.716. The molecule has 0 bridgehead atoms. The van der Waals surface area contributed by atoms with Crippen LogP contribution in [0.5, 0.6) is 0 Å². The molecule has 1 aliphatic rings. The van der Waals surface area contributed by atoms with Crippen LogP contribution in [0.4, 0.5) is 0 Å². The van der Waals surface area contributed by atoms with Gasteiger partial charge in [-0.05, 0) is 43.4 Å². The average molecular weight is 408 g/mol. The lowest BCUT2D eigenvalue weighted by molar-refractivity contribution is -0.137. The third kappa shape index (κ3) is 3.89. The van der Waals surface area contributed by atoms with Gasteiger partial charge in [-0.1, -0.05) is 29.8 Å². The first-order chi connectivity index (χ1) is 11.8. The molecule has 0 spiro atoms. The van der Waals surface area contributed by atoms with Crippen LogP contribution in [0.2, 0.25) is 0 Å². The first-order valence-electron chi connectivity index (χ1n) is 8.48. The molecule has 2 heterocycles. The fourth-order valence-electron chi connectivity index (χ4n) is 3.54. The van der Waals surface area contributed by atoms with Crippen molar-refractivity contribution in [1.82, 2.24) is 4.90 Å². The van der Waals surface area contributed by atoms with Gasteiger partial charge >= 0.3 is 5.97 Å². The van der Waals surface area contributed by atoms with Crippen LogP contribution < -0.4 is 0 Å². The molecule has 2 unspecified atom stereocenters. The van der Waals surface area contributed by atoms with Gasteiger partial charge in [0.2, 0.25) is 5.76 Å². The summed E-state index contributed by atoms with van der Waals surface area (Å²) in [5, 5.41) is 0.853. The number of benzene rings is 1. The van der Waals surface area contributed by atoms with E-state index in [-0.39, 0.29) is 18.3 Å². The minimum absolute atomic E-state index is 0.150. The summed E-state index contributed by atoms with van der Waals surface area (Å²) in [6.45, 7) is 7.27. The molecule has 0 saturated carbocycles. The number of hydrogen-bond acceptors (Lipinski definition) is 4. The molecule has 1 aliphatic heterocycles. The van der Waals surface area contributed by atoms with Crippen LogP contribution in [0.3, 0.4) is 0 Å². The Morgan fingerprint density at radius 1 is 1.28 bits per heavy atom. The number of carbonyl (C=O) groups is 2. The summed E-state index contributed by atoms with van der Waals surface area (Å²) in [6, 6.07) is 5.54. The Kier molecular flexibility index (Phi) is 5.18. The van der Waals surface area contributed by atoms with Crippen molar-refractivity contribution in [3.63, 3.8) is 0 Å². The summed E-state index contributed by atoms with van der Waals surface area (Å²) < 4.78 is 11.7. The molecule has 1 amide bonds. The average Bonchev–Trinajstić information content (AvgIpc) is 2.88. The van der Waals surface area contributed by atoms with Crippen molar-refractivity contribution in [1.29, 1.82) is 0 Å². The van der Waals surface area contributed by atoms with Crippen molar-refractivity contribution in [2.75, 3.05) is 19.7 Å². The SMILES string of the molecule is Cc1c(C(=O)OCC(=O)N2CC(C)CC(C)C2)oc2ccc(Br)cc12. The highest BCUT2D eigenvalue weighted by Gasteiger charge is 2.27. The fourth-order valence-corrected chi connectivity index (χ4v) is 3.90. The van der Waals surface area contributed by atoms with Crippen LogP contribution in [0.25, 0.3) is 11.0 Å². The van der Waals surface area contributed by atoms with Crippen molar-refractivity contribution < 1.29 is 18.7 Å². The Labute approximate surface area is 155 Å². The molecule has 1 aromatic heterocycles. The van der Waals surface area contributed by atoms with E-state index in [1.165, 1.54) is 0 Å². The predicted octanol–water partition coefficient (Wildman–Crippen LogP) is 4.17. The van der Waals surface area contributed by atoms with Gasteiger partial charge in [-0.3, -0.25) is 4.79 Å². The summed E-state index contributed by atoms with van der Waals surface area (Å²) in [4.78, 5) is 26.5. The van der Waals surface area contributed by atoms with Crippen LogP contribution >= 0.6 is 15.9 Å². The number of furan rings is 1. The zero-order chi connectivity index (χ0) is 18.1. The van der Waals surface area contributed by atoms with Gasteiger partial charge in [-0.25, -0.2) is 4.79 Å². The second-order valence-corrected chi connectivity index (χ2v) is 7.93. The van der Waals surface area contributed by atoms with Crippen LogP contribution in [0, 0.1) is 18.8 Å². The number of ether oxygens (including phenoxy) is 1. The number of esters is 1. The molecule has 6 heteroatoms. The van der Waals surface area contributed by atoms with E-state index in [9.17, 15) is 9.59 Å². The zero-order valence-corrected chi connectivity index (χ0v) is 16.3. The maximum Gasteiger partial charge on any atom is 0.375 e. The summed E-state index contributed by atoms with van der Waals surface area (Å²) >= 11 is 3.41. The van der Waals surface area contributed by atoms with E-state index < -0.39 is 5.97 Å². The van der Waals surface area contributed by atoms with Crippen molar-refractivity contribution >= 4 is 38.8 Å². The lowest BCUT2D eigenvalue weighted by Crippen LogP contribution is -2.44. The topological polar surface area (TPSA) is 59.8 Å². The Balaban J connectivity index is 1.66. The van der Waals surface area contributed by atoms with E-state index >= 15 is 0 Å². The number of rotatable bonds is 3. The predicted molar refractivity (Wildman–Crippen MR) is 98.5 cm³/mol. The number of carbonyl (C=O) groups excluding carboxylic acids is 2. The minimum atomic E-state index is -0.601. The third-order valence-corrected chi connectivity index (χ3v) is 5.13. The Morgan fingerprint density at radius 2 is 1.96 bits per heavy atom. The highest BCUT2D eigenvalue weighted by molar-refractivity contribution is 9.10. The van der Waals surface area contributed by atoms with Crippen molar-refractivity contribution in [3.8, 4) is 0 Å². The first-order valence-corrected chi connectivity index (χ1v) is 9.28. The molecule has 25 heavy (non-hydrogen) atoms. The number of hydrogen-bond donors (Lipinski definition) is 0. The summed E-state index contributed by atoms with van der Waals surface area (Å²) in [7, 11) is 0. The lowest BCUT2D eigenvalue weighted by atomic mass is 9.92. The standard InChI is InChI=1S/C19H22BrNO4/c1-11-6-12(2)9-21(8-11)17(22)10-24-19(23)18-13(3)15-7-14(20)4-5-16(15)25-18/h4-5,7,11-12H,6,8-10H2,1-3H3. The number of aryl methyl sites for hydroxylation is 1. The Morgan fingerprint density at radius 3 is 2.64 bits per heavy atom. The number of fused-ring (bicyclic) bond motifs is 1. The molecular weight excluding hydrogens is 386 g/mol.